The van der Waals surface area contributed by atoms with Gasteiger partial charge in [-0.15, -0.1) is 0 Å². The minimum atomic E-state index is -2.07. The monoisotopic (exact) mass is 1340 g/mol. The Bertz CT molecular complexity index is 2610. The molecule has 6 aliphatic rings. The van der Waals surface area contributed by atoms with Crippen LogP contribution in [0.25, 0.3) is 0 Å². The number of carbonyl (C=O) groups excluding carboxylic acids is 3. The number of aliphatic hydroxyl groups excluding tert-OH is 4. The van der Waals surface area contributed by atoms with Crippen molar-refractivity contribution in [2.75, 3.05) is 54.5 Å². The smallest absolute Gasteiger partial charge is 0.407 e. The Kier molecular flexibility index (Phi) is 25.0. The van der Waals surface area contributed by atoms with Crippen LogP contribution in [-0.2, 0) is 52.3 Å². The number of halogens is 1. The van der Waals surface area contributed by atoms with Crippen molar-refractivity contribution in [2.45, 2.75) is 175 Å². The van der Waals surface area contributed by atoms with Gasteiger partial charge in [0, 0.05) is 38.7 Å². The average Bonchev–Trinajstić information content (AvgIpc) is 3.15. The third-order valence-corrected chi connectivity index (χ3v) is 18.9. The van der Waals surface area contributed by atoms with Gasteiger partial charge < -0.3 is 97.6 Å². The lowest BCUT2D eigenvalue weighted by Crippen LogP contribution is -2.66. The molecule has 29 heteroatoms. The zero-order chi connectivity index (χ0) is 60.4. The summed E-state index contributed by atoms with van der Waals surface area (Å²) in [6.07, 6.45) is -14.0. The lowest BCUT2D eigenvalue weighted by Gasteiger charge is -2.48. The number of hydrogen-bond donors (Lipinski definition) is 9. The van der Waals surface area contributed by atoms with E-state index in [4.69, 9.17) is 61.7 Å². The van der Waals surface area contributed by atoms with E-state index in [9.17, 15) is 44.5 Å². The van der Waals surface area contributed by atoms with Crippen LogP contribution in [0.2, 0.25) is 0 Å². The molecule has 4 saturated heterocycles. The summed E-state index contributed by atoms with van der Waals surface area (Å²) in [5.41, 5.74) is 1.53. The zero-order valence-electron chi connectivity index (χ0n) is 47.3. The van der Waals surface area contributed by atoms with Gasteiger partial charge in [-0.2, -0.15) is 5.48 Å². The summed E-state index contributed by atoms with van der Waals surface area (Å²) in [5, 5.41) is 62.6. The highest BCUT2D eigenvalue weighted by molar-refractivity contribution is 14.1. The number of likely N-dealkylation sites (N-methyl/N-ethyl adjacent to an activating group) is 1. The average molecular weight is 1340 g/mol. The molecule has 83 heavy (non-hydrogen) atoms. The number of ketones is 1. The number of rotatable bonds is 21. The van der Waals surface area contributed by atoms with Crippen molar-refractivity contribution < 1.29 is 106 Å². The van der Waals surface area contributed by atoms with E-state index in [-0.39, 0.29) is 65.7 Å². The van der Waals surface area contributed by atoms with E-state index in [1.165, 1.54) is 33.5 Å². The Hall–Kier alpha value is -3.07. The van der Waals surface area contributed by atoms with Crippen molar-refractivity contribution >= 4 is 73.2 Å². The van der Waals surface area contributed by atoms with Gasteiger partial charge in [0.05, 0.1) is 102 Å². The fraction of sp³-hybridized carbons (Fsp3) is 0.685. The molecule has 1 amide bonds. The summed E-state index contributed by atoms with van der Waals surface area (Å²) in [7, 11) is 7.79. The molecule has 21 atom stereocenters. The first-order chi connectivity index (χ1) is 39.7. The number of nitrogens with one attached hydrogen (secondary N) is 3. The summed E-state index contributed by atoms with van der Waals surface area (Å²) in [4.78, 5) is 47.5. The van der Waals surface area contributed by atoms with Crippen molar-refractivity contribution in [2.24, 2.45) is 5.92 Å². The molecule has 462 valence electrons. The standard InChI is InChI=1S/C54H74IN3O22S3/c1-11-56-29-23-73-34(21-33(29)68-6)78-47-42(62)39(25(3)75-52(47)77-32-16-14-12-13-15-18-54(66)22-31(60)40(57-53(65)72-10)37(32)28(54)17-19-81-83-67)58-80-35-20-30(59)49(27(5)74-35)82-50(64)36-24(2)38(55)45(48(71-9)44(36)69-7)79-51-43(63)46(70-8)41(61)26(4)76-51/h12-13,17,25-27,29-30,32-35,37,39-43,46-47,49,51-52,56,58-59,61-63,66-67H,11,19-23H2,1-10H3,(H,57,65)/b13-12-,28-17+/t25?,26?,27?,29?,30?,32-,33?,34?,35?,37?,39?,40?,41?,42?,43?,46?,47?,49?,51?,52?,54-/m0/s1. The van der Waals surface area contributed by atoms with Crippen LogP contribution in [0.15, 0.2) is 23.8 Å². The zero-order valence-corrected chi connectivity index (χ0v) is 51.9. The second-order valence-electron chi connectivity index (χ2n) is 20.3. The maximum atomic E-state index is 14.4. The fourth-order valence-electron chi connectivity index (χ4n) is 10.9. The number of carbonyl (C=O) groups is 3. The minimum Gasteiger partial charge on any atom is -0.492 e. The van der Waals surface area contributed by atoms with Gasteiger partial charge in [-0.25, -0.2) is 4.79 Å². The van der Waals surface area contributed by atoms with Gasteiger partial charge in [0.2, 0.25) is 17.2 Å². The van der Waals surface area contributed by atoms with Crippen LogP contribution < -0.4 is 30.3 Å². The van der Waals surface area contributed by atoms with E-state index in [2.05, 4.69) is 39.8 Å². The largest absolute Gasteiger partial charge is 0.492 e. The predicted octanol–water partition coefficient (Wildman–Crippen LogP) is 2.12. The summed E-state index contributed by atoms with van der Waals surface area (Å²) < 4.78 is 82.0. The first-order valence-electron chi connectivity index (χ1n) is 26.7. The lowest BCUT2D eigenvalue weighted by molar-refractivity contribution is -0.339. The normalized spacial score (nSPS) is 37.9. The number of hydroxylamine groups is 1. The Morgan fingerprint density at radius 2 is 1.60 bits per heavy atom. The van der Waals surface area contributed by atoms with E-state index in [0.717, 1.165) is 29.7 Å². The van der Waals surface area contributed by atoms with Crippen LogP contribution in [-0.4, -0.2) is 223 Å². The number of amides is 1. The van der Waals surface area contributed by atoms with Crippen molar-refractivity contribution in [3.05, 3.63) is 38.5 Å². The first kappa shape index (κ1) is 67.4. The van der Waals surface area contributed by atoms with Crippen LogP contribution in [0.3, 0.4) is 0 Å². The number of aliphatic hydroxyl groups is 5. The first-order valence-corrected chi connectivity index (χ1v) is 31.0. The van der Waals surface area contributed by atoms with Gasteiger partial charge in [0.1, 0.15) is 42.7 Å². The van der Waals surface area contributed by atoms with Crippen molar-refractivity contribution in [3.8, 4) is 40.9 Å². The number of fused-ring (bicyclic) bond motifs is 2. The molecule has 1 aromatic rings. The molecule has 4 aliphatic heterocycles. The molecule has 9 N–H and O–H groups in total. The third kappa shape index (κ3) is 15.4. The highest BCUT2D eigenvalue weighted by atomic mass is 127. The molecule has 1 aromatic carbocycles. The second kappa shape index (κ2) is 30.7. The lowest BCUT2D eigenvalue weighted by atomic mass is 9.68. The number of benzene rings is 1. The number of allylic oxidation sites excluding steroid dienone is 2. The molecule has 25 nitrogen and oxygen atoms in total. The van der Waals surface area contributed by atoms with Crippen LogP contribution in [0.4, 0.5) is 4.79 Å². The molecular formula is C54H74IN3O22S3. The Balaban J connectivity index is 1.11. The summed E-state index contributed by atoms with van der Waals surface area (Å²) >= 11 is 3.30. The van der Waals surface area contributed by atoms with E-state index >= 15 is 0 Å². The molecule has 0 spiro atoms. The summed E-state index contributed by atoms with van der Waals surface area (Å²) in [6, 6.07) is -2.67. The van der Waals surface area contributed by atoms with E-state index in [1.54, 1.807) is 40.9 Å². The van der Waals surface area contributed by atoms with E-state index < -0.39 is 138 Å². The van der Waals surface area contributed by atoms with Crippen LogP contribution in [0, 0.1) is 40.1 Å². The number of methoxy groups -OCH3 is 5. The summed E-state index contributed by atoms with van der Waals surface area (Å²) in [6.45, 7) is 9.36. The molecule has 7 rings (SSSR count). The minimum absolute atomic E-state index is 0.0215. The number of ether oxygens (including phenoxy) is 12. The topological polar surface area (TPSA) is 329 Å². The Morgan fingerprint density at radius 1 is 0.880 bits per heavy atom. The molecule has 0 radical (unpaired) electrons. The molecule has 2 aliphatic carbocycles. The van der Waals surface area contributed by atoms with Crippen molar-refractivity contribution in [1.29, 1.82) is 0 Å². The molecule has 2 bridgehead atoms. The number of alkyl carbamates (subject to hydrolysis) is 1. The van der Waals surface area contributed by atoms with Crippen LogP contribution >= 0.6 is 56.2 Å². The molecule has 5 fully saturated rings. The third-order valence-electron chi connectivity index (χ3n) is 15.1. The van der Waals surface area contributed by atoms with Gasteiger partial charge >= 0.3 is 6.09 Å². The molecule has 0 aromatic heterocycles. The second-order valence-corrected chi connectivity index (χ2v) is 24.4. The van der Waals surface area contributed by atoms with Crippen molar-refractivity contribution in [3.63, 3.8) is 0 Å². The van der Waals surface area contributed by atoms with Gasteiger partial charge in [-0.1, -0.05) is 59.2 Å². The molecular weight excluding hydrogens is 1270 g/mol. The highest BCUT2D eigenvalue weighted by Gasteiger charge is 2.55. The van der Waals surface area contributed by atoms with Gasteiger partial charge in [0.25, 0.3) is 0 Å². The number of Topliss-reactive ketones (excluding diaryl/α,β-unsaturated/α-hetero) is 1. The van der Waals surface area contributed by atoms with E-state index in [1.807, 2.05) is 29.5 Å². The van der Waals surface area contributed by atoms with Crippen molar-refractivity contribution in [1.82, 2.24) is 16.1 Å². The van der Waals surface area contributed by atoms with Gasteiger partial charge in [-0.05, 0) is 80.1 Å². The summed E-state index contributed by atoms with van der Waals surface area (Å²) in [5.74, 6) is 9.82. The Morgan fingerprint density at radius 3 is 2.27 bits per heavy atom. The Labute approximate surface area is 507 Å². The van der Waals surface area contributed by atoms with Crippen LogP contribution in [0.1, 0.15) is 62.9 Å². The highest BCUT2D eigenvalue weighted by Crippen LogP contribution is 2.49. The SMILES string of the molecule is CCNC1COC(OC2C(O[C@H]3C#C/C=C\C#C[C@]4(O)CC(=O)C(NC(=O)OC)C3/C4=C\CSSO)OC(C)C(NOC3CC(O)C(SC(=O)c4c(C)c(I)c(OC5OC(C)C(O)C(OC)C5O)c(OC)c4OC)C(C)O3)C2O)CC1OC. The van der Waals surface area contributed by atoms with Gasteiger partial charge in [-0.3, -0.25) is 14.4 Å². The number of hydrogen-bond acceptors (Lipinski definition) is 27. The van der Waals surface area contributed by atoms with Crippen LogP contribution in [0.5, 0.6) is 17.2 Å². The van der Waals surface area contributed by atoms with E-state index in [0.29, 0.717) is 26.8 Å². The predicted molar refractivity (Wildman–Crippen MR) is 309 cm³/mol. The quantitative estimate of drug-likeness (QED) is 0.0162. The maximum Gasteiger partial charge on any atom is 0.407 e. The fourth-order valence-corrected chi connectivity index (χ4v) is 13.3. The molecule has 1 saturated carbocycles. The maximum absolute atomic E-state index is 14.4. The van der Waals surface area contributed by atoms with Gasteiger partial charge in [0.15, 0.2) is 41.8 Å². The molecule has 19 unspecified atom stereocenters. The molecule has 4 heterocycles. The number of thioether (sulfide) groups is 1.